The van der Waals surface area contributed by atoms with Gasteiger partial charge in [0.15, 0.2) is 0 Å². The summed E-state index contributed by atoms with van der Waals surface area (Å²) in [6.45, 7) is 1.94. The van der Waals surface area contributed by atoms with E-state index in [4.69, 9.17) is 0 Å². The van der Waals surface area contributed by atoms with E-state index >= 15 is 0 Å². The lowest BCUT2D eigenvalue weighted by atomic mass is 10.1. The second-order valence-corrected chi connectivity index (χ2v) is 2.30. The van der Waals surface area contributed by atoms with Crippen molar-refractivity contribution in [3.05, 3.63) is 0 Å². The number of piperidine rings is 1. The molecule has 0 amide bonds. The fourth-order valence-corrected chi connectivity index (χ4v) is 1.08. The maximum absolute atomic E-state index is 11.8. The van der Waals surface area contributed by atoms with Crippen LogP contribution >= 0.6 is 0 Å². The molecule has 1 rings (SSSR count). The van der Waals surface area contributed by atoms with Crippen LogP contribution in [0.1, 0.15) is 19.3 Å². The molecule has 1 aliphatic rings. The number of hydrogen-bond donors (Lipinski definition) is 0. The Morgan fingerprint density at radius 3 is 2.12 bits per heavy atom. The van der Waals surface area contributed by atoms with Crippen LogP contribution in [0.5, 0.6) is 0 Å². The van der Waals surface area contributed by atoms with Gasteiger partial charge < -0.3 is 9.13 Å². The molecule has 0 aromatic heterocycles. The Bertz CT molecular complexity index is 63.4. The molecule has 8 heavy (non-hydrogen) atoms. The summed E-state index contributed by atoms with van der Waals surface area (Å²) < 4.78 is 11.8. The third-order valence-electron chi connectivity index (χ3n) is 1.62. The first kappa shape index (κ1) is 6.08. The highest BCUT2D eigenvalue weighted by molar-refractivity contribution is 6.22. The summed E-state index contributed by atoms with van der Waals surface area (Å²) in [7, 11) is -0.250. The zero-order valence-electron chi connectivity index (χ0n) is 5.07. The summed E-state index contributed by atoms with van der Waals surface area (Å²) in [6, 6.07) is 0. The SMILES string of the molecule is FBN1CCCCC1. The topological polar surface area (TPSA) is 3.24 Å². The summed E-state index contributed by atoms with van der Waals surface area (Å²) in [5, 5.41) is 0. The van der Waals surface area contributed by atoms with Gasteiger partial charge in [0.2, 0.25) is 0 Å². The third kappa shape index (κ3) is 1.48. The molecule has 1 aliphatic heterocycles. The average Bonchev–Trinajstić information content (AvgIpc) is 1.90. The zero-order chi connectivity index (χ0) is 5.82. The largest absolute Gasteiger partial charge is 0.414 e. The molecule has 1 fully saturated rings. The van der Waals surface area contributed by atoms with Crippen molar-refractivity contribution in [2.24, 2.45) is 0 Å². The van der Waals surface area contributed by atoms with Crippen molar-refractivity contribution in [3.63, 3.8) is 0 Å². The molecule has 0 N–H and O–H groups in total. The van der Waals surface area contributed by atoms with Crippen LogP contribution in [-0.2, 0) is 0 Å². The van der Waals surface area contributed by atoms with E-state index < -0.39 is 0 Å². The highest BCUT2D eigenvalue weighted by Crippen LogP contribution is 2.06. The predicted octanol–water partition coefficient (Wildman–Crippen LogP) is 0.708. The first-order chi connectivity index (χ1) is 3.93. The monoisotopic (exact) mass is 115 g/mol. The first-order valence-corrected chi connectivity index (χ1v) is 3.22. The van der Waals surface area contributed by atoms with Gasteiger partial charge in [-0.25, -0.2) is 0 Å². The summed E-state index contributed by atoms with van der Waals surface area (Å²) in [5.74, 6) is 0. The van der Waals surface area contributed by atoms with E-state index in [2.05, 4.69) is 0 Å². The molecule has 0 spiro atoms. The molecule has 1 saturated heterocycles. The minimum Gasteiger partial charge on any atom is -0.317 e. The molecule has 0 aliphatic carbocycles. The third-order valence-corrected chi connectivity index (χ3v) is 1.62. The van der Waals surface area contributed by atoms with Crippen molar-refractivity contribution in [2.75, 3.05) is 13.1 Å². The van der Waals surface area contributed by atoms with Gasteiger partial charge >= 0.3 is 7.69 Å². The zero-order valence-corrected chi connectivity index (χ0v) is 5.07. The van der Waals surface area contributed by atoms with Gasteiger partial charge in [0.25, 0.3) is 0 Å². The molecule has 0 saturated carbocycles. The smallest absolute Gasteiger partial charge is 0.317 e. The molecule has 0 radical (unpaired) electrons. The van der Waals surface area contributed by atoms with E-state index in [1.54, 1.807) is 0 Å². The van der Waals surface area contributed by atoms with E-state index in [9.17, 15) is 4.32 Å². The molecule has 3 heteroatoms. The minimum absolute atomic E-state index is 0.250. The van der Waals surface area contributed by atoms with E-state index in [0.29, 0.717) is 0 Å². The average molecular weight is 115 g/mol. The van der Waals surface area contributed by atoms with Crippen LogP contribution in [0.2, 0.25) is 0 Å². The van der Waals surface area contributed by atoms with Crippen LogP contribution in [0, 0.1) is 0 Å². The van der Waals surface area contributed by atoms with Gasteiger partial charge in [-0.1, -0.05) is 6.42 Å². The number of nitrogens with zero attached hydrogens (tertiary/aromatic N) is 1. The molecule has 0 aromatic carbocycles. The van der Waals surface area contributed by atoms with E-state index in [0.717, 1.165) is 13.1 Å². The summed E-state index contributed by atoms with van der Waals surface area (Å²) in [6.07, 6.45) is 3.66. The predicted molar refractivity (Wildman–Crippen MR) is 33.7 cm³/mol. The van der Waals surface area contributed by atoms with Gasteiger partial charge in [0.1, 0.15) is 0 Å². The summed E-state index contributed by atoms with van der Waals surface area (Å²) >= 11 is 0. The Kier molecular flexibility index (Phi) is 2.34. The Morgan fingerprint density at radius 2 is 1.75 bits per heavy atom. The lowest BCUT2D eigenvalue weighted by Crippen LogP contribution is -2.30. The molecule has 0 unspecified atom stereocenters. The molecule has 1 heterocycles. The van der Waals surface area contributed by atoms with Gasteiger partial charge in [-0.3, -0.25) is 0 Å². The van der Waals surface area contributed by atoms with Crippen LogP contribution < -0.4 is 0 Å². The van der Waals surface area contributed by atoms with Crippen LogP contribution in [-0.4, -0.2) is 25.6 Å². The number of hydrogen-bond acceptors (Lipinski definition) is 1. The Balaban J connectivity index is 2.13. The van der Waals surface area contributed by atoms with Gasteiger partial charge in [0.05, 0.1) is 0 Å². The van der Waals surface area contributed by atoms with Crippen LogP contribution in [0.4, 0.5) is 4.32 Å². The fraction of sp³-hybridized carbons (Fsp3) is 1.00. The molecule has 0 atom stereocenters. The van der Waals surface area contributed by atoms with Gasteiger partial charge in [0, 0.05) is 0 Å². The highest BCUT2D eigenvalue weighted by Gasteiger charge is 2.09. The van der Waals surface area contributed by atoms with Crippen molar-refractivity contribution in [2.45, 2.75) is 19.3 Å². The van der Waals surface area contributed by atoms with Crippen molar-refractivity contribution in [1.29, 1.82) is 0 Å². The summed E-state index contributed by atoms with van der Waals surface area (Å²) in [5.41, 5.74) is 0. The maximum Gasteiger partial charge on any atom is 0.414 e. The quantitative estimate of drug-likeness (QED) is 0.455. The number of rotatable bonds is 1. The molecule has 0 bridgehead atoms. The summed E-state index contributed by atoms with van der Waals surface area (Å²) in [4.78, 5) is 1.85. The minimum atomic E-state index is -0.250. The van der Waals surface area contributed by atoms with Crippen molar-refractivity contribution < 1.29 is 4.32 Å². The van der Waals surface area contributed by atoms with Crippen LogP contribution in [0.3, 0.4) is 0 Å². The van der Waals surface area contributed by atoms with E-state index in [1.165, 1.54) is 19.3 Å². The van der Waals surface area contributed by atoms with Crippen LogP contribution in [0.15, 0.2) is 0 Å². The Morgan fingerprint density at radius 1 is 1.12 bits per heavy atom. The van der Waals surface area contributed by atoms with E-state index in [-0.39, 0.29) is 7.69 Å². The number of halogens is 1. The maximum atomic E-state index is 11.8. The first-order valence-electron chi connectivity index (χ1n) is 3.22. The molecule has 0 aromatic rings. The van der Waals surface area contributed by atoms with Gasteiger partial charge in [-0.15, -0.1) is 0 Å². The Labute approximate surface area is 50.2 Å². The molecular formula is C5H11BFN. The molecule has 46 valence electrons. The van der Waals surface area contributed by atoms with Crippen molar-refractivity contribution in [1.82, 2.24) is 4.81 Å². The van der Waals surface area contributed by atoms with Crippen molar-refractivity contribution >= 4 is 7.69 Å². The van der Waals surface area contributed by atoms with Gasteiger partial charge in [-0.2, -0.15) is 0 Å². The molecular weight excluding hydrogens is 104 g/mol. The normalized spacial score (nSPS) is 23.1. The highest BCUT2D eigenvalue weighted by atomic mass is 19.1. The lowest BCUT2D eigenvalue weighted by Gasteiger charge is -2.21. The second kappa shape index (κ2) is 3.08. The lowest BCUT2D eigenvalue weighted by molar-refractivity contribution is 0.345. The van der Waals surface area contributed by atoms with E-state index in [1.807, 2.05) is 4.81 Å². The standard InChI is InChI=1S/C5H11BFN/c7-6-8-4-2-1-3-5-8/h6H,1-5H2. The van der Waals surface area contributed by atoms with Gasteiger partial charge in [-0.05, 0) is 25.9 Å². The van der Waals surface area contributed by atoms with Crippen molar-refractivity contribution in [3.8, 4) is 0 Å². The van der Waals surface area contributed by atoms with Crippen LogP contribution in [0.25, 0.3) is 0 Å². The Hall–Kier alpha value is -0.0451. The molecule has 1 nitrogen and oxygen atoms in total. The fourth-order valence-electron chi connectivity index (χ4n) is 1.08. The second-order valence-electron chi connectivity index (χ2n) is 2.30.